The molecule has 1 amide bonds. The number of alkyl halides is 6. The molecule has 12 heteroatoms. The average molecular weight is 583 g/mol. The molecule has 1 aromatic heterocycles. The molecule has 1 saturated heterocycles. The van der Waals surface area contributed by atoms with E-state index >= 15 is 0 Å². The number of aromatic nitrogens is 1. The molecule has 3 aromatic rings. The maximum atomic E-state index is 14.0. The Labute approximate surface area is 232 Å². The Bertz CT molecular complexity index is 1420. The molecular weight excluding hydrogens is 554 g/mol. The summed E-state index contributed by atoms with van der Waals surface area (Å²) in [6.07, 6.45) is -11.2. The molecule has 0 radical (unpaired) electrons. The number of hydrogen-bond donors (Lipinski definition) is 0. The second-order valence-electron chi connectivity index (χ2n) is 10.7. The van der Waals surface area contributed by atoms with Crippen LogP contribution < -0.4 is 0 Å². The number of nitrogens with zero attached hydrogens (tertiary/aromatic N) is 2. The third-order valence-corrected chi connectivity index (χ3v) is 6.54. The molecule has 1 unspecified atom stereocenters. The van der Waals surface area contributed by atoms with Gasteiger partial charge in [0.05, 0.1) is 22.7 Å². The first kappa shape index (κ1) is 30.1. The lowest BCUT2D eigenvalue weighted by atomic mass is 9.90. The fraction of sp³-hybridized carbons (Fsp3) is 0.414. The van der Waals surface area contributed by atoms with E-state index in [1.807, 2.05) is 0 Å². The van der Waals surface area contributed by atoms with Crippen molar-refractivity contribution in [2.75, 3.05) is 6.54 Å². The van der Waals surface area contributed by atoms with Crippen molar-refractivity contribution in [3.8, 4) is 0 Å². The van der Waals surface area contributed by atoms with Crippen molar-refractivity contribution in [1.82, 2.24) is 9.88 Å². The van der Waals surface area contributed by atoms with Crippen molar-refractivity contribution >= 4 is 23.0 Å². The highest BCUT2D eigenvalue weighted by Crippen LogP contribution is 2.42. The van der Waals surface area contributed by atoms with Crippen LogP contribution in [0.5, 0.6) is 0 Å². The minimum atomic E-state index is -5.12. The van der Waals surface area contributed by atoms with Gasteiger partial charge in [-0.2, -0.15) is 26.3 Å². The van der Waals surface area contributed by atoms with Gasteiger partial charge in [-0.25, -0.2) is 14.6 Å². The van der Waals surface area contributed by atoms with E-state index in [0.717, 1.165) is 6.07 Å². The number of fused-ring (bicyclic) bond motifs is 1. The topological polar surface area (TPSA) is 68.7 Å². The number of amides is 1. The second kappa shape index (κ2) is 11.2. The van der Waals surface area contributed by atoms with E-state index in [4.69, 9.17) is 9.47 Å². The van der Waals surface area contributed by atoms with Gasteiger partial charge < -0.3 is 14.4 Å². The van der Waals surface area contributed by atoms with E-state index in [2.05, 4.69) is 4.98 Å². The number of carbonyl (C=O) groups is 2. The molecule has 0 spiro atoms. The Morgan fingerprint density at radius 3 is 2.22 bits per heavy atom. The lowest BCUT2D eigenvalue weighted by Crippen LogP contribution is -2.49. The van der Waals surface area contributed by atoms with Gasteiger partial charge in [0.25, 0.3) is 0 Å². The van der Waals surface area contributed by atoms with Gasteiger partial charge in [-0.15, -0.1) is 0 Å². The van der Waals surface area contributed by atoms with Crippen LogP contribution in [0, 0.1) is 0 Å². The summed E-state index contributed by atoms with van der Waals surface area (Å²) >= 11 is 0. The maximum absolute atomic E-state index is 14.0. The van der Waals surface area contributed by atoms with E-state index in [1.165, 1.54) is 23.1 Å². The molecule has 2 atom stereocenters. The fourth-order valence-electron chi connectivity index (χ4n) is 4.81. The van der Waals surface area contributed by atoms with Crippen molar-refractivity contribution in [2.45, 2.75) is 70.1 Å². The van der Waals surface area contributed by atoms with Crippen molar-refractivity contribution < 1.29 is 45.4 Å². The minimum absolute atomic E-state index is 0.0718. The lowest BCUT2D eigenvalue weighted by Gasteiger charge is -2.40. The van der Waals surface area contributed by atoms with Gasteiger partial charge in [0.1, 0.15) is 17.4 Å². The van der Waals surface area contributed by atoms with E-state index in [9.17, 15) is 35.9 Å². The third kappa shape index (κ3) is 6.91. The zero-order valence-electron chi connectivity index (χ0n) is 22.5. The number of hydrogen-bond acceptors (Lipinski definition) is 5. The van der Waals surface area contributed by atoms with Crippen LogP contribution in [0.2, 0.25) is 0 Å². The van der Waals surface area contributed by atoms with Crippen LogP contribution in [0.1, 0.15) is 73.3 Å². The third-order valence-electron chi connectivity index (χ3n) is 6.54. The Hall–Kier alpha value is -3.83. The van der Waals surface area contributed by atoms with E-state index < -0.39 is 58.9 Å². The monoisotopic (exact) mass is 582 g/mol. The molecule has 0 saturated carbocycles. The minimum Gasteiger partial charge on any atom is -0.452 e. The van der Waals surface area contributed by atoms with Crippen molar-refractivity contribution in [3.63, 3.8) is 0 Å². The number of rotatable bonds is 4. The number of para-hydroxylation sites is 1. The van der Waals surface area contributed by atoms with E-state index in [1.54, 1.807) is 39.0 Å². The summed E-state index contributed by atoms with van der Waals surface area (Å²) in [5.74, 6) is -0.921. The highest BCUT2D eigenvalue weighted by molar-refractivity contribution is 5.91. The maximum Gasteiger partial charge on any atom is 0.433 e. The van der Waals surface area contributed by atoms with Crippen LogP contribution in [0.15, 0.2) is 54.6 Å². The zero-order chi connectivity index (χ0) is 30.2. The standard InChI is InChI=1S/C29H28F6N2O4/c1-27(2,3)41-26(39)37-15-8-7-14-21(37)24(40-25(38)17-10-5-4-6-11-17)19-16-22(29(33,34)35)36-23-18(19)12-9-13-20(23)28(30,31)32/h4-6,9-13,16,21,24H,7-8,14-15H2,1-3H3/t21-,24?/m0/s1. The SMILES string of the molecule is CC(C)(C)OC(=O)N1CCCC[C@H]1C(OC(=O)c1ccccc1)c1cc(C(F)(F)F)nc2c(C(F)(F)F)cccc12. The van der Waals surface area contributed by atoms with Gasteiger partial charge in [0.2, 0.25) is 0 Å². The molecule has 41 heavy (non-hydrogen) atoms. The molecule has 0 aliphatic carbocycles. The van der Waals surface area contributed by atoms with Gasteiger partial charge in [0, 0.05) is 17.5 Å². The van der Waals surface area contributed by atoms with Crippen LogP contribution in [-0.4, -0.2) is 40.1 Å². The molecule has 4 rings (SSSR count). The highest BCUT2D eigenvalue weighted by Gasteiger charge is 2.43. The number of halogens is 6. The number of likely N-dealkylation sites (tertiary alicyclic amines) is 1. The van der Waals surface area contributed by atoms with Crippen LogP contribution in [0.25, 0.3) is 10.9 Å². The van der Waals surface area contributed by atoms with Crippen LogP contribution in [-0.2, 0) is 21.8 Å². The molecular formula is C29H28F6N2O4. The first-order valence-electron chi connectivity index (χ1n) is 12.9. The van der Waals surface area contributed by atoms with Crippen LogP contribution >= 0.6 is 0 Å². The normalized spacial score (nSPS) is 17.3. The number of carbonyl (C=O) groups excluding carboxylic acids is 2. The predicted octanol–water partition coefficient (Wildman–Crippen LogP) is 7.96. The zero-order valence-corrected chi connectivity index (χ0v) is 22.5. The molecule has 1 aliphatic heterocycles. The molecule has 2 heterocycles. The Balaban J connectivity index is 1.96. The van der Waals surface area contributed by atoms with Gasteiger partial charge in [0.15, 0.2) is 0 Å². The van der Waals surface area contributed by atoms with Gasteiger partial charge in [-0.1, -0.05) is 30.3 Å². The lowest BCUT2D eigenvalue weighted by molar-refractivity contribution is -0.142. The number of benzene rings is 2. The van der Waals surface area contributed by atoms with Gasteiger partial charge in [-0.3, -0.25) is 0 Å². The Morgan fingerprint density at radius 1 is 0.927 bits per heavy atom. The van der Waals surface area contributed by atoms with Gasteiger partial charge in [-0.05, 0) is 64.3 Å². The Kier molecular flexibility index (Phi) is 8.24. The van der Waals surface area contributed by atoms with E-state index in [0.29, 0.717) is 25.0 Å². The molecule has 0 bridgehead atoms. The second-order valence-corrected chi connectivity index (χ2v) is 10.7. The fourth-order valence-corrected chi connectivity index (χ4v) is 4.81. The van der Waals surface area contributed by atoms with Crippen molar-refractivity contribution in [1.29, 1.82) is 0 Å². The molecule has 6 nitrogen and oxygen atoms in total. The van der Waals surface area contributed by atoms with Crippen LogP contribution in [0.4, 0.5) is 31.1 Å². The summed E-state index contributed by atoms with van der Waals surface area (Å²) < 4.78 is 95.1. The number of piperidine rings is 1. The number of pyridine rings is 1. The summed E-state index contributed by atoms with van der Waals surface area (Å²) in [4.78, 5) is 31.1. The summed E-state index contributed by atoms with van der Waals surface area (Å²) in [5.41, 5.74) is -5.09. The number of ether oxygens (including phenoxy) is 2. The summed E-state index contributed by atoms with van der Waals surface area (Å²) in [6.45, 7) is 5.06. The average Bonchev–Trinajstić information content (AvgIpc) is 2.89. The van der Waals surface area contributed by atoms with Crippen LogP contribution in [0.3, 0.4) is 0 Å². The molecule has 2 aromatic carbocycles. The van der Waals surface area contributed by atoms with Crippen molar-refractivity contribution in [3.05, 3.63) is 77.0 Å². The smallest absolute Gasteiger partial charge is 0.433 e. The molecule has 1 fully saturated rings. The predicted molar refractivity (Wildman–Crippen MR) is 137 cm³/mol. The molecule has 220 valence electrons. The van der Waals surface area contributed by atoms with Gasteiger partial charge >= 0.3 is 24.4 Å². The summed E-state index contributed by atoms with van der Waals surface area (Å²) in [6, 6.07) is 10.0. The van der Waals surface area contributed by atoms with E-state index in [-0.39, 0.29) is 29.5 Å². The highest BCUT2D eigenvalue weighted by atomic mass is 19.4. The summed E-state index contributed by atoms with van der Waals surface area (Å²) in [5, 5.41) is -0.284. The van der Waals surface area contributed by atoms with Crippen molar-refractivity contribution in [2.24, 2.45) is 0 Å². The first-order valence-corrected chi connectivity index (χ1v) is 12.9. The Morgan fingerprint density at radius 2 is 1.61 bits per heavy atom. The summed E-state index contributed by atoms with van der Waals surface area (Å²) in [7, 11) is 0. The number of esters is 1. The first-order chi connectivity index (χ1) is 19.1. The largest absolute Gasteiger partial charge is 0.452 e. The molecule has 0 N–H and O–H groups in total. The quantitative estimate of drug-likeness (QED) is 0.231. The molecule has 1 aliphatic rings.